The summed E-state index contributed by atoms with van der Waals surface area (Å²) >= 11 is 0. The lowest BCUT2D eigenvalue weighted by molar-refractivity contribution is -0.113. The molecule has 2 heteroatoms. The van der Waals surface area contributed by atoms with Crippen LogP contribution >= 0.6 is 0 Å². The molecule has 0 saturated heterocycles. The largest absolute Gasteiger partial charge is 0.278 e. The van der Waals surface area contributed by atoms with Crippen LogP contribution in [0.2, 0.25) is 0 Å². The highest BCUT2D eigenvalue weighted by atomic mass is 16.2. The molecule has 0 spiro atoms. The van der Waals surface area contributed by atoms with Crippen molar-refractivity contribution in [3.8, 4) is 0 Å². The van der Waals surface area contributed by atoms with E-state index in [0.29, 0.717) is 0 Å². The van der Waals surface area contributed by atoms with Crippen LogP contribution in [0.3, 0.4) is 0 Å². The van der Waals surface area contributed by atoms with Gasteiger partial charge in [0.05, 0.1) is 0 Å². The van der Waals surface area contributed by atoms with E-state index in [0.717, 1.165) is 17.8 Å². The number of hydrogen-bond donors (Lipinski definition) is 0. The minimum atomic E-state index is -0.119. The van der Waals surface area contributed by atoms with Gasteiger partial charge in [-0.25, -0.2) is 0 Å². The summed E-state index contributed by atoms with van der Waals surface area (Å²) in [6.07, 6.45) is 7.51. The van der Waals surface area contributed by atoms with Gasteiger partial charge in [-0.3, -0.25) is 9.69 Å². The molecule has 1 amide bonds. The van der Waals surface area contributed by atoms with Gasteiger partial charge in [0.15, 0.2) is 0 Å². The number of unbranched alkanes of at least 4 members (excludes halogenated alkanes) is 3. The van der Waals surface area contributed by atoms with E-state index in [1.807, 2.05) is 42.5 Å². The first-order valence-corrected chi connectivity index (χ1v) is 8.36. The Bertz CT molecular complexity index is 616. The molecule has 23 heavy (non-hydrogen) atoms. The summed E-state index contributed by atoms with van der Waals surface area (Å²) < 4.78 is 0. The van der Waals surface area contributed by atoms with Crippen LogP contribution in [0.25, 0.3) is 0 Å². The van der Waals surface area contributed by atoms with Gasteiger partial charge in [0.25, 0.3) is 5.91 Å². The van der Waals surface area contributed by atoms with Crippen LogP contribution in [0.15, 0.2) is 67.3 Å². The van der Waals surface area contributed by atoms with Crippen molar-refractivity contribution >= 4 is 17.3 Å². The number of rotatable bonds is 8. The molecule has 0 aliphatic heterocycles. The lowest BCUT2D eigenvalue weighted by Crippen LogP contribution is -2.23. The zero-order valence-electron chi connectivity index (χ0n) is 13.9. The summed E-state index contributed by atoms with van der Waals surface area (Å²) in [4.78, 5) is 13.9. The van der Waals surface area contributed by atoms with Crippen molar-refractivity contribution in [2.24, 2.45) is 0 Å². The number of anilines is 2. The SMILES string of the molecule is C=CC(=O)N(c1ccccc1)c1ccc(CCCCCC)cc1. The van der Waals surface area contributed by atoms with Crippen molar-refractivity contribution in [3.63, 3.8) is 0 Å². The molecular formula is C21H25NO. The van der Waals surface area contributed by atoms with Gasteiger partial charge in [-0.2, -0.15) is 0 Å². The van der Waals surface area contributed by atoms with Crippen LogP contribution < -0.4 is 4.90 Å². The molecule has 0 aromatic heterocycles. The Kier molecular flexibility index (Phi) is 6.61. The number of para-hydroxylation sites is 1. The summed E-state index contributed by atoms with van der Waals surface area (Å²) in [5, 5.41) is 0. The predicted molar refractivity (Wildman–Crippen MR) is 98.1 cm³/mol. The Morgan fingerprint density at radius 1 is 0.957 bits per heavy atom. The van der Waals surface area contributed by atoms with Crippen LogP contribution in [0, 0.1) is 0 Å². The minimum absolute atomic E-state index is 0.119. The highest BCUT2D eigenvalue weighted by Crippen LogP contribution is 2.26. The Hall–Kier alpha value is -2.35. The molecule has 0 saturated carbocycles. The first kappa shape index (κ1) is 17.0. The summed E-state index contributed by atoms with van der Waals surface area (Å²) in [7, 11) is 0. The van der Waals surface area contributed by atoms with E-state index in [-0.39, 0.29) is 5.91 Å². The molecule has 0 N–H and O–H groups in total. The fourth-order valence-electron chi connectivity index (χ4n) is 2.64. The molecule has 0 radical (unpaired) electrons. The third-order valence-electron chi connectivity index (χ3n) is 3.92. The second-order valence-corrected chi connectivity index (χ2v) is 5.69. The van der Waals surface area contributed by atoms with E-state index < -0.39 is 0 Å². The molecule has 0 heterocycles. The molecule has 0 aliphatic carbocycles. The maximum atomic E-state index is 12.2. The highest BCUT2D eigenvalue weighted by molar-refractivity contribution is 6.06. The Morgan fingerprint density at radius 3 is 2.22 bits per heavy atom. The number of nitrogens with zero attached hydrogens (tertiary/aromatic N) is 1. The predicted octanol–water partition coefficient (Wildman–Crippen LogP) is 5.66. The van der Waals surface area contributed by atoms with E-state index in [4.69, 9.17) is 0 Å². The van der Waals surface area contributed by atoms with Gasteiger partial charge < -0.3 is 0 Å². The van der Waals surface area contributed by atoms with Gasteiger partial charge in [0, 0.05) is 11.4 Å². The van der Waals surface area contributed by atoms with Gasteiger partial charge in [-0.15, -0.1) is 0 Å². The van der Waals surface area contributed by atoms with Gasteiger partial charge in [0.1, 0.15) is 0 Å². The minimum Gasteiger partial charge on any atom is -0.278 e. The van der Waals surface area contributed by atoms with E-state index in [2.05, 4.69) is 25.6 Å². The molecule has 2 aromatic carbocycles. The first-order valence-electron chi connectivity index (χ1n) is 8.36. The molecule has 2 aromatic rings. The third kappa shape index (κ3) is 4.82. The van der Waals surface area contributed by atoms with Gasteiger partial charge in [0.2, 0.25) is 0 Å². The van der Waals surface area contributed by atoms with E-state index in [9.17, 15) is 4.79 Å². The van der Waals surface area contributed by atoms with E-state index >= 15 is 0 Å². The van der Waals surface area contributed by atoms with Crippen molar-refractivity contribution in [1.29, 1.82) is 0 Å². The van der Waals surface area contributed by atoms with Crippen LogP contribution in [0.5, 0.6) is 0 Å². The first-order chi connectivity index (χ1) is 11.3. The topological polar surface area (TPSA) is 20.3 Å². The quantitative estimate of drug-likeness (QED) is 0.455. The average molecular weight is 307 g/mol. The van der Waals surface area contributed by atoms with Gasteiger partial charge in [-0.1, -0.05) is 63.1 Å². The molecule has 120 valence electrons. The van der Waals surface area contributed by atoms with Crippen LogP contribution in [-0.2, 0) is 11.2 Å². The number of hydrogen-bond acceptors (Lipinski definition) is 1. The number of carbonyl (C=O) groups is 1. The summed E-state index contributed by atoms with van der Waals surface area (Å²) in [5.74, 6) is -0.119. The average Bonchev–Trinajstić information content (AvgIpc) is 2.61. The molecule has 2 rings (SSSR count). The molecule has 0 aliphatic rings. The van der Waals surface area contributed by atoms with Crippen molar-refractivity contribution in [2.45, 2.75) is 39.0 Å². The van der Waals surface area contributed by atoms with Crippen molar-refractivity contribution in [2.75, 3.05) is 4.90 Å². The molecule has 2 nitrogen and oxygen atoms in total. The lowest BCUT2D eigenvalue weighted by atomic mass is 10.1. The molecule has 0 bridgehead atoms. The van der Waals surface area contributed by atoms with Crippen LogP contribution in [0.1, 0.15) is 38.2 Å². The number of aryl methyl sites for hydroxylation is 1. The maximum absolute atomic E-state index is 12.2. The normalized spacial score (nSPS) is 10.3. The fourth-order valence-corrected chi connectivity index (χ4v) is 2.64. The zero-order valence-corrected chi connectivity index (χ0v) is 13.9. The van der Waals surface area contributed by atoms with Gasteiger partial charge >= 0.3 is 0 Å². The number of benzene rings is 2. The van der Waals surface area contributed by atoms with Crippen molar-refractivity contribution in [3.05, 3.63) is 72.8 Å². The Labute approximate surface area is 139 Å². The van der Waals surface area contributed by atoms with Crippen molar-refractivity contribution in [1.82, 2.24) is 0 Å². The van der Waals surface area contributed by atoms with E-state index in [1.165, 1.54) is 37.3 Å². The molecule has 0 fully saturated rings. The maximum Gasteiger partial charge on any atom is 0.254 e. The van der Waals surface area contributed by atoms with E-state index in [1.54, 1.807) is 4.90 Å². The number of amides is 1. The number of carbonyl (C=O) groups excluding carboxylic acids is 1. The molecule has 0 atom stereocenters. The fraction of sp³-hybridized carbons (Fsp3) is 0.286. The summed E-state index contributed by atoms with van der Waals surface area (Å²) in [6.45, 7) is 5.84. The smallest absolute Gasteiger partial charge is 0.254 e. The molecular weight excluding hydrogens is 282 g/mol. The Morgan fingerprint density at radius 2 is 1.61 bits per heavy atom. The summed E-state index contributed by atoms with van der Waals surface area (Å²) in [5.41, 5.74) is 3.05. The Balaban J connectivity index is 2.14. The monoisotopic (exact) mass is 307 g/mol. The molecule has 0 unspecified atom stereocenters. The van der Waals surface area contributed by atoms with Gasteiger partial charge in [-0.05, 0) is 48.7 Å². The summed E-state index contributed by atoms with van der Waals surface area (Å²) in [6, 6.07) is 17.9. The second kappa shape index (κ2) is 8.94. The van der Waals surface area contributed by atoms with Crippen LogP contribution in [-0.4, -0.2) is 5.91 Å². The standard InChI is InChI=1S/C21H25NO/c1-3-5-6-8-11-18-14-16-20(17-15-18)22(21(23)4-2)19-12-9-7-10-13-19/h4,7,9-10,12-17H,2-3,5-6,8,11H2,1H3. The lowest BCUT2D eigenvalue weighted by Gasteiger charge is -2.21. The zero-order chi connectivity index (χ0) is 16.5. The third-order valence-corrected chi connectivity index (χ3v) is 3.92. The second-order valence-electron chi connectivity index (χ2n) is 5.69. The van der Waals surface area contributed by atoms with Crippen LogP contribution in [0.4, 0.5) is 11.4 Å². The highest BCUT2D eigenvalue weighted by Gasteiger charge is 2.14. The van der Waals surface area contributed by atoms with Crippen molar-refractivity contribution < 1.29 is 4.79 Å².